The van der Waals surface area contributed by atoms with Crippen LogP contribution in [-0.4, -0.2) is 19.7 Å². The number of esters is 1. The third-order valence-corrected chi connectivity index (χ3v) is 3.28. The molecule has 2 aromatic carbocycles. The molecule has 0 amide bonds. The van der Waals surface area contributed by atoms with Gasteiger partial charge in [0.25, 0.3) is 0 Å². The second kappa shape index (κ2) is 9.40. The first-order valence-corrected chi connectivity index (χ1v) is 7.92. The Kier molecular flexibility index (Phi) is 6.90. The highest BCUT2D eigenvalue weighted by Crippen LogP contribution is 2.17. The largest absolute Gasteiger partial charge is 0.490 e. The number of benzene rings is 2. The lowest BCUT2D eigenvalue weighted by Gasteiger charge is -2.08. The van der Waals surface area contributed by atoms with Crippen LogP contribution in [0.5, 0.6) is 5.75 Å². The van der Waals surface area contributed by atoms with Crippen molar-refractivity contribution < 1.29 is 19.0 Å². The van der Waals surface area contributed by atoms with Gasteiger partial charge in [0.05, 0.1) is 13.7 Å². The van der Waals surface area contributed by atoms with Crippen molar-refractivity contribution in [2.45, 2.75) is 20.0 Å². The zero-order valence-corrected chi connectivity index (χ0v) is 14.0. The molecule has 0 aliphatic rings. The summed E-state index contributed by atoms with van der Waals surface area (Å²) in [7, 11) is 1.45. The standard InChI is InChI=1S/C20H22O4/c1-3-13-23-20(21)19(22-2)14-16-9-11-18(12-10-16)24-15-17-7-5-4-6-8-17/h4-12,14H,3,13,15H2,1-2H3. The number of hydrogen-bond donors (Lipinski definition) is 0. The number of rotatable bonds is 8. The first-order chi connectivity index (χ1) is 11.7. The highest BCUT2D eigenvalue weighted by molar-refractivity contribution is 5.91. The molecule has 0 aliphatic heterocycles. The van der Waals surface area contributed by atoms with Gasteiger partial charge in [-0.15, -0.1) is 0 Å². The van der Waals surface area contributed by atoms with Crippen LogP contribution in [0.1, 0.15) is 24.5 Å². The topological polar surface area (TPSA) is 44.8 Å². The number of carbonyl (C=O) groups excluding carboxylic acids is 1. The molecule has 126 valence electrons. The van der Waals surface area contributed by atoms with E-state index in [9.17, 15) is 4.79 Å². The molecule has 0 saturated heterocycles. The monoisotopic (exact) mass is 326 g/mol. The molecule has 24 heavy (non-hydrogen) atoms. The molecule has 0 spiro atoms. The normalized spacial score (nSPS) is 11.0. The van der Waals surface area contributed by atoms with Gasteiger partial charge in [-0.3, -0.25) is 0 Å². The van der Waals surface area contributed by atoms with Crippen LogP contribution >= 0.6 is 0 Å². The quantitative estimate of drug-likeness (QED) is 0.414. The Hall–Kier alpha value is -2.75. The van der Waals surface area contributed by atoms with E-state index in [2.05, 4.69) is 0 Å². The maximum absolute atomic E-state index is 11.8. The molecule has 0 radical (unpaired) electrons. The van der Waals surface area contributed by atoms with Crippen LogP contribution in [0.4, 0.5) is 0 Å². The molecule has 0 saturated carbocycles. The highest BCUT2D eigenvalue weighted by Gasteiger charge is 2.11. The van der Waals surface area contributed by atoms with Gasteiger partial charge in [0.2, 0.25) is 5.76 Å². The van der Waals surface area contributed by atoms with E-state index >= 15 is 0 Å². The maximum atomic E-state index is 11.8. The van der Waals surface area contributed by atoms with Gasteiger partial charge in [0.15, 0.2) is 0 Å². The van der Waals surface area contributed by atoms with E-state index in [1.807, 2.05) is 61.5 Å². The molecular formula is C20H22O4. The van der Waals surface area contributed by atoms with Gasteiger partial charge in [0.1, 0.15) is 12.4 Å². The van der Waals surface area contributed by atoms with Crippen molar-refractivity contribution in [1.29, 1.82) is 0 Å². The SMILES string of the molecule is CCCOC(=O)C(=Cc1ccc(OCc2ccccc2)cc1)OC. The predicted molar refractivity (Wildman–Crippen MR) is 93.5 cm³/mol. The summed E-state index contributed by atoms with van der Waals surface area (Å²) in [4.78, 5) is 11.8. The van der Waals surface area contributed by atoms with Gasteiger partial charge in [-0.25, -0.2) is 4.79 Å². The lowest BCUT2D eigenvalue weighted by atomic mass is 10.2. The fraction of sp³-hybridized carbons (Fsp3) is 0.250. The minimum absolute atomic E-state index is 0.182. The van der Waals surface area contributed by atoms with Gasteiger partial charge in [-0.1, -0.05) is 49.4 Å². The number of hydrogen-bond acceptors (Lipinski definition) is 4. The predicted octanol–water partition coefficient (Wildman–Crippen LogP) is 4.21. The van der Waals surface area contributed by atoms with E-state index in [4.69, 9.17) is 14.2 Å². The molecule has 0 heterocycles. The number of methoxy groups -OCH3 is 1. The van der Waals surface area contributed by atoms with E-state index in [-0.39, 0.29) is 5.76 Å². The van der Waals surface area contributed by atoms with E-state index in [1.165, 1.54) is 7.11 Å². The summed E-state index contributed by atoms with van der Waals surface area (Å²) < 4.78 is 15.9. The van der Waals surface area contributed by atoms with Crippen LogP contribution < -0.4 is 4.74 Å². The summed E-state index contributed by atoms with van der Waals surface area (Å²) >= 11 is 0. The Morgan fingerprint density at radius 2 is 1.75 bits per heavy atom. The second-order valence-electron chi connectivity index (χ2n) is 5.19. The van der Waals surface area contributed by atoms with Crippen molar-refractivity contribution in [3.05, 3.63) is 71.5 Å². The Morgan fingerprint density at radius 1 is 1.04 bits per heavy atom. The third-order valence-electron chi connectivity index (χ3n) is 3.28. The van der Waals surface area contributed by atoms with Gasteiger partial charge in [0, 0.05) is 0 Å². The van der Waals surface area contributed by atoms with E-state index in [0.29, 0.717) is 13.2 Å². The van der Waals surface area contributed by atoms with Crippen molar-refractivity contribution in [3.63, 3.8) is 0 Å². The lowest BCUT2D eigenvalue weighted by Crippen LogP contribution is -2.09. The fourth-order valence-corrected chi connectivity index (χ4v) is 2.02. The Balaban J connectivity index is 1.97. The van der Waals surface area contributed by atoms with Crippen LogP contribution in [0.15, 0.2) is 60.4 Å². The van der Waals surface area contributed by atoms with Gasteiger partial charge < -0.3 is 14.2 Å². The molecule has 2 aromatic rings. The highest BCUT2D eigenvalue weighted by atomic mass is 16.6. The molecule has 4 nitrogen and oxygen atoms in total. The summed E-state index contributed by atoms with van der Waals surface area (Å²) in [6.45, 7) is 2.84. The average molecular weight is 326 g/mol. The Morgan fingerprint density at radius 3 is 2.38 bits per heavy atom. The fourth-order valence-electron chi connectivity index (χ4n) is 2.02. The van der Waals surface area contributed by atoms with Crippen molar-refractivity contribution in [2.24, 2.45) is 0 Å². The summed E-state index contributed by atoms with van der Waals surface area (Å²) in [5, 5.41) is 0. The summed E-state index contributed by atoms with van der Waals surface area (Å²) in [5.74, 6) is 0.494. The minimum Gasteiger partial charge on any atom is -0.490 e. The first-order valence-electron chi connectivity index (χ1n) is 7.92. The van der Waals surface area contributed by atoms with E-state index < -0.39 is 5.97 Å². The first kappa shape index (κ1) is 17.6. The van der Waals surface area contributed by atoms with Crippen LogP contribution in [0.2, 0.25) is 0 Å². The summed E-state index contributed by atoms with van der Waals surface area (Å²) in [6.07, 6.45) is 2.43. The lowest BCUT2D eigenvalue weighted by molar-refractivity contribution is -0.142. The van der Waals surface area contributed by atoms with Gasteiger partial charge in [-0.2, -0.15) is 0 Å². The van der Waals surface area contributed by atoms with E-state index in [0.717, 1.165) is 23.3 Å². The van der Waals surface area contributed by atoms with Crippen LogP contribution in [0.3, 0.4) is 0 Å². The molecule has 0 aromatic heterocycles. The average Bonchev–Trinajstić information content (AvgIpc) is 2.64. The molecule has 0 aliphatic carbocycles. The van der Waals surface area contributed by atoms with Crippen LogP contribution in [0.25, 0.3) is 6.08 Å². The minimum atomic E-state index is -0.455. The molecule has 0 N–H and O–H groups in total. The number of carbonyl (C=O) groups is 1. The number of ether oxygens (including phenoxy) is 3. The smallest absolute Gasteiger partial charge is 0.373 e. The van der Waals surface area contributed by atoms with E-state index in [1.54, 1.807) is 6.08 Å². The molecule has 0 bridgehead atoms. The van der Waals surface area contributed by atoms with Crippen LogP contribution in [-0.2, 0) is 20.9 Å². The molecule has 0 fully saturated rings. The van der Waals surface area contributed by atoms with Crippen molar-refractivity contribution in [2.75, 3.05) is 13.7 Å². The second-order valence-corrected chi connectivity index (χ2v) is 5.19. The molecule has 4 heteroatoms. The van der Waals surface area contributed by atoms with Crippen molar-refractivity contribution in [3.8, 4) is 5.75 Å². The zero-order chi connectivity index (χ0) is 17.2. The maximum Gasteiger partial charge on any atom is 0.373 e. The van der Waals surface area contributed by atoms with Crippen molar-refractivity contribution in [1.82, 2.24) is 0 Å². The zero-order valence-electron chi connectivity index (χ0n) is 14.0. The molecule has 0 unspecified atom stereocenters. The molecule has 0 atom stereocenters. The molecule has 2 rings (SSSR count). The molecular weight excluding hydrogens is 304 g/mol. The van der Waals surface area contributed by atoms with Gasteiger partial charge in [-0.05, 0) is 35.8 Å². The summed E-state index contributed by atoms with van der Waals surface area (Å²) in [5.41, 5.74) is 1.95. The third kappa shape index (κ3) is 5.47. The Bertz CT molecular complexity index is 660. The van der Waals surface area contributed by atoms with Gasteiger partial charge >= 0.3 is 5.97 Å². The van der Waals surface area contributed by atoms with Crippen molar-refractivity contribution >= 4 is 12.0 Å². The van der Waals surface area contributed by atoms with Crippen LogP contribution in [0, 0.1) is 0 Å². The summed E-state index contributed by atoms with van der Waals surface area (Å²) in [6, 6.07) is 17.4. The Labute approximate surface area is 142 Å².